The summed E-state index contributed by atoms with van der Waals surface area (Å²) in [6.45, 7) is 4.06. The van der Waals surface area contributed by atoms with Gasteiger partial charge in [0.1, 0.15) is 16.9 Å². The molecule has 7 heteroatoms. The lowest BCUT2D eigenvalue weighted by Crippen LogP contribution is -2.12. The molecule has 4 nitrogen and oxygen atoms in total. The molecule has 170 valence electrons. The topological polar surface area (TPSA) is 70.0 Å². The van der Waals surface area contributed by atoms with Gasteiger partial charge in [0.25, 0.3) is 0 Å². The summed E-state index contributed by atoms with van der Waals surface area (Å²) in [5.74, 6) is 0.0277. The molecule has 0 heterocycles. The number of para-hydroxylation sites is 1. The standard InChI is InChI=1S/C26H25FN2O2S2/c1-3-20-9-8-10-21(4-2)25(20)29-26(32-18-19-13-15-22(27)16-14-19)24(17-28)33(30,31)23-11-6-5-7-12-23/h5-16,29H,3-4,18H2,1-2H3. The number of hydrogen-bond acceptors (Lipinski definition) is 5. The zero-order valence-electron chi connectivity index (χ0n) is 18.5. The second-order valence-electron chi connectivity index (χ2n) is 7.29. The quantitative estimate of drug-likeness (QED) is 0.356. The molecule has 3 rings (SSSR count). The predicted octanol–water partition coefficient (Wildman–Crippen LogP) is 6.46. The number of hydrogen-bond donors (Lipinski definition) is 1. The number of thioether (sulfide) groups is 1. The fraction of sp³-hybridized carbons (Fsp3) is 0.192. The predicted molar refractivity (Wildman–Crippen MR) is 133 cm³/mol. The average Bonchev–Trinajstić information content (AvgIpc) is 2.84. The van der Waals surface area contributed by atoms with Crippen molar-refractivity contribution in [1.29, 1.82) is 5.26 Å². The maximum absolute atomic E-state index is 13.4. The van der Waals surface area contributed by atoms with E-state index in [0.29, 0.717) is 5.75 Å². The Morgan fingerprint density at radius 3 is 2.09 bits per heavy atom. The lowest BCUT2D eigenvalue weighted by atomic mass is 10.0. The van der Waals surface area contributed by atoms with E-state index in [2.05, 4.69) is 5.32 Å². The Morgan fingerprint density at radius 1 is 0.939 bits per heavy atom. The van der Waals surface area contributed by atoms with Crippen molar-refractivity contribution in [3.8, 4) is 6.07 Å². The molecule has 0 fully saturated rings. The maximum Gasteiger partial charge on any atom is 0.219 e. The Morgan fingerprint density at radius 2 is 1.55 bits per heavy atom. The Balaban J connectivity index is 2.12. The van der Waals surface area contributed by atoms with Crippen LogP contribution in [-0.4, -0.2) is 8.42 Å². The van der Waals surface area contributed by atoms with E-state index < -0.39 is 9.84 Å². The van der Waals surface area contributed by atoms with Crippen LogP contribution in [0.3, 0.4) is 0 Å². The third-order valence-electron chi connectivity index (χ3n) is 5.16. The number of allylic oxidation sites excluding steroid dienone is 1. The van der Waals surface area contributed by atoms with Gasteiger partial charge in [0, 0.05) is 11.4 Å². The van der Waals surface area contributed by atoms with Crippen molar-refractivity contribution in [2.24, 2.45) is 0 Å². The lowest BCUT2D eigenvalue weighted by Gasteiger charge is -2.19. The molecule has 0 aliphatic rings. The first-order chi connectivity index (χ1) is 15.9. The molecule has 0 radical (unpaired) electrons. The van der Waals surface area contributed by atoms with Gasteiger partial charge >= 0.3 is 0 Å². The van der Waals surface area contributed by atoms with E-state index in [1.54, 1.807) is 30.3 Å². The number of sulfone groups is 1. The van der Waals surface area contributed by atoms with E-state index in [-0.39, 0.29) is 20.6 Å². The molecule has 3 aromatic rings. The fourth-order valence-electron chi connectivity index (χ4n) is 3.36. The molecule has 0 bridgehead atoms. The third kappa shape index (κ3) is 5.84. The maximum atomic E-state index is 13.4. The molecule has 33 heavy (non-hydrogen) atoms. The SMILES string of the molecule is CCc1cccc(CC)c1NC(SCc1ccc(F)cc1)=C(C#N)S(=O)(=O)c1ccccc1. The van der Waals surface area contributed by atoms with Crippen molar-refractivity contribution in [3.05, 3.63) is 105 Å². The number of benzene rings is 3. The van der Waals surface area contributed by atoms with E-state index in [9.17, 15) is 18.1 Å². The highest BCUT2D eigenvalue weighted by Gasteiger charge is 2.26. The number of nitrogens with zero attached hydrogens (tertiary/aromatic N) is 1. The molecule has 0 amide bonds. The highest BCUT2D eigenvalue weighted by atomic mass is 32.2. The van der Waals surface area contributed by atoms with Crippen molar-refractivity contribution in [2.45, 2.75) is 37.3 Å². The van der Waals surface area contributed by atoms with Crippen LogP contribution in [0, 0.1) is 17.1 Å². The van der Waals surface area contributed by atoms with Gasteiger partial charge in [-0.05, 0) is 53.8 Å². The zero-order chi connectivity index (χ0) is 23.8. The second kappa shape index (κ2) is 11.2. The van der Waals surface area contributed by atoms with Crippen LogP contribution in [-0.2, 0) is 28.4 Å². The van der Waals surface area contributed by atoms with Gasteiger partial charge in [-0.2, -0.15) is 5.26 Å². The Kier molecular flexibility index (Phi) is 8.32. The number of halogens is 1. The zero-order valence-corrected chi connectivity index (χ0v) is 20.1. The average molecular weight is 481 g/mol. The molecule has 0 saturated heterocycles. The van der Waals surface area contributed by atoms with Gasteiger partial charge in [0.2, 0.25) is 9.84 Å². The first-order valence-corrected chi connectivity index (χ1v) is 13.1. The number of nitrogens with one attached hydrogen (secondary N) is 1. The van der Waals surface area contributed by atoms with Crippen LogP contribution in [0.5, 0.6) is 0 Å². The van der Waals surface area contributed by atoms with Crippen LogP contribution in [0.4, 0.5) is 10.1 Å². The Labute approximate surface area is 199 Å². The molecular formula is C26H25FN2O2S2. The second-order valence-corrected chi connectivity index (χ2v) is 10.2. The van der Waals surface area contributed by atoms with Crippen molar-refractivity contribution in [2.75, 3.05) is 5.32 Å². The van der Waals surface area contributed by atoms with Gasteiger partial charge in [-0.25, -0.2) is 12.8 Å². The van der Waals surface area contributed by atoms with Crippen LogP contribution in [0.1, 0.15) is 30.5 Å². The number of aryl methyl sites for hydroxylation is 2. The first-order valence-electron chi connectivity index (χ1n) is 10.6. The minimum atomic E-state index is -4.05. The van der Waals surface area contributed by atoms with Gasteiger partial charge in [-0.3, -0.25) is 0 Å². The van der Waals surface area contributed by atoms with Crippen LogP contribution in [0.25, 0.3) is 0 Å². The van der Waals surface area contributed by atoms with Gasteiger partial charge in [0.15, 0.2) is 4.91 Å². The van der Waals surface area contributed by atoms with Crippen LogP contribution < -0.4 is 5.32 Å². The fourth-order valence-corrected chi connectivity index (χ4v) is 5.89. The minimum absolute atomic E-state index is 0.0581. The first kappa shape index (κ1) is 24.6. The number of nitriles is 1. The summed E-state index contributed by atoms with van der Waals surface area (Å²) >= 11 is 1.21. The van der Waals surface area contributed by atoms with Crippen molar-refractivity contribution in [3.63, 3.8) is 0 Å². The molecule has 3 aromatic carbocycles. The molecule has 0 aromatic heterocycles. The lowest BCUT2D eigenvalue weighted by molar-refractivity contribution is 0.603. The summed E-state index contributed by atoms with van der Waals surface area (Å²) in [5.41, 5.74) is 3.70. The largest absolute Gasteiger partial charge is 0.348 e. The summed E-state index contributed by atoms with van der Waals surface area (Å²) in [6.07, 6.45) is 1.50. The third-order valence-corrected chi connectivity index (χ3v) is 8.09. The van der Waals surface area contributed by atoms with E-state index in [1.165, 1.54) is 36.0 Å². The molecule has 0 aliphatic heterocycles. The smallest absolute Gasteiger partial charge is 0.219 e. The number of anilines is 1. The summed E-state index contributed by atoms with van der Waals surface area (Å²) in [7, 11) is -4.05. The summed E-state index contributed by atoms with van der Waals surface area (Å²) < 4.78 is 40.1. The Hall–Kier alpha value is -3.08. The molecule has 0 atom stereocenters. The van der Waals surface area contributed by atoms with E-state index in [4.69, 9.17) is 0 Å². The van der Waals surface area contributed by atoms with Crippen LogP contribution >= 0.6 is 11.8 Å². The highest BCUT2D eigenvalue weighted by Crippen LogP contribution is 2.34. The Bertz CT molecular complexity index is 1260. The molecule has 0 unspecified atom stereocenters. The summed E-state index contributed by atoms with van der Waals surface area (Å²) in [6, 6.07) is 21.8. The van der Waals surface area contributed by atoms with Crippen molar-refractivity contribution < 1.29 is 12.8 Å². The summed E-state index contributed by atoms with van der Waals surface area (Å²) in [4.78, 5) is -0.281. The molecular weight excluding hydrogens is 455 g/mol. The van der Waals surface area contributed by atoms with Gasteiger partial charge in [-0.1, -0.05) is 62.4 Å². The monoisotopic (exact) mass is 480 g/mol. The van der Waals surface area contributed by atoms with E-state index in [0.717, 1.165) is 35.2 Å². The minimum Gasteiger partial charge on any atom is -0.348 e. The normalized spacial score (nSPS) is 12.1. The van der Waals surface area contributed by atoms with Crippen molar-refractivity contribution >= 4 is 27.3 Å². The highest BCUT2D eigenvalue weighted by molar-refractivity contribution is 8.04. The summed E-state index contributed by atoms with van der Waals surface area (Å²) in [5, 5.41) is 13.5. The van der Waals surface area contributed by atoms with Crippen LogP contribution in [0.15, 0.2) is 87.6 Å². The molecule has 1 N–H and O–H groups in total. The molecule has 0 aliphatic carbocycles. The molecule has 0 saturated carbocycles. The molecule has 0 spiro atoms. The number of rotatable bonds is 9. The van der Waals surface area contributed by atoms with Gasteiger partial charge in [0.05, 0.1) is 4.90 Å². The van der Waals surface area contributed by atoms with Gasteiger partial charge in [-0.15, -0.1) is 11.8 Å². The van der Waals surface area contributed by atoms with E-state index >= 15 is 0 Å². The van der Waals surface area contributed by atoms with Crippen LogP contribution in [0.2, 0.25) is 0 Å². The van der Waals surface area contributed by atoms with Crippen molar-refractivity contribution in [1.82, 2.24) is 0 Å². The van der Waals surface area contributed by atoms with E-state index in [1.807, 2.05) is 38.1 Å². The van der Waals surface area contributed by atoms with Gasteiger partial charge < -0.3 is 5.32 Å².